The molecule has 1 saturated carbocycles. The number of halogens is 1. The van der Waals surface area contributed by atoms with Crippen LogP contribution in [0.5, 0.6) is 0 Å². The van der Waals surface area contributed by atoms with Gasteiger partial charge >= 0.3 is 0 Å². The molecule has 1 saturated heterocycles. The van der Waals surface area contributed by atoms with Crippen molar-refractivity contribution in [1.82, 2.24) is 0 Å². The van der Waals surface area contributed by atoms with Gasteiger partial charge in [-0.1, -0.05) is 47.3 Å². The number of benzene rings is 1. The highest BCUT2D eigenvalue weighted by Gasteiger charge is 2.40. The third-order valence-corrected chi connectivity index (χ3v) is 5.53. The number of hydrogen-bond donors (Lipinski definition) is 1. The first kappa shape index (κ1) is 14.6. The van der Waals surface area contributed by atoms with E-state index in [1.54, 1.807) is 0 Å². The van der Waals surface area contributed by atoms with Crippen LogP contribution in [0.3, 0.4) is 0 Å². The molecule has 3 rings (SSSR count). The lowest BCUT2D eigenvalue weighted by atomic mass is 9.73. The highest BCUT2D eigenvalue weighted by Crippen LogP contribution is 2.43. The molecule has 1 spiro atoms. The minimum atomic E-state index is 0.134. The standard InChI is InChI=1S/C17H24BrNO/c18-15-6-4-5-13(11-15)16(19)14-7-10-20-17(12-14)8-2-1-3-9-17/h4-6,11,14,16H,1-3,7-10,12,19H2. The van der Waals surface area contributed by atoms with Gasteiger partial charge in [0, 0.05) is 17.1 Å². The van der Waals surface area contributed by atoms with Gasteiger partial charge in [0.15, 0.2) is 0 Å². The van der Waals surface area contributed by atoms with E-state index in [2.05, 4.69) is 40.2 Å². The molecule has 1 aliphatic heterocycles. The Morgan fingerprint density at radius 1 is 1.25 bits per heavy atom. The SMILES string of the molecule is NC(c1cccc(Br)c1)C1CCOC2(CCCCC2)C1. The molecule has 1 heterocycles. The fourth-order valence-corrected chi connectivity index (χ4v) is 4.32. The van der Waals surface area contributed by atoms with Crippen LogP contribution in [0.2, 0.25) is 0 Å². The van der Waals surface area contributed by atoms with Crippen LogP contribution in [-0.2, 0) is 4.74 Å². The fourth-order valence-electron chi connectivity index (χ4n) is 3.90. The topological polar surface area (TPSA) is 35.2 Å². The van der Waals surface area contributed by atoms with Crippen molar-refractivity contribution in [3.63, 3.8) is 0 Å². The predicted octanol–water partition coefficient (Wildman–Crippen LogP) is 4.58. The summed E-state index contributed by atoms with van der Waals surface area (Å²) >= 11 is 3.54. The van der Waals surface area contributed by atoms with Gasteiger partial charge in [-0.2, -0.15) is 0 Å². The first-order chi connectivity index (χ1) is 9.69. The largest absolute Gasteiger partial charge is 0.375 e. The second kappa shape index (κ2) is 6.17. The summed E-state index contributed by atoms with van der Waals surface area (Å²) in [5, 5.41) is 0. The zero-order valence-corrected chi connectivity index (χ0v) is 13.6. The van der Waals surface area contributed by atoms with Gasteiger partial charge in [-0.25, -0.2) is 0 Å². The van der Waals surface area contributed by atoms with E-state index in [-0.39, 0.29) is 11.6 Å². The van der Waals surface area contributed by atoms with Crippen molar-refractivity contribution in [2.75, 3.05) is 6.61 Å². The van der Waals surface area contributed by atoms with Gasteiger partial charge in [-0.15, -0.1) is 0 Å². The summed E-state index contributed by atoms with van der Waals surface area (Å²) in [6, 6.07) is 8.58. The highest BCUT2D eigenvalue weighted by molar-refractivity contribution is 9.10. The van der Waals surface area contributed by atoms with Gasteiger partial charge < -0.3 is 10.5 Å². The zero-order valence-electron chi connectivity index (χ0n) is 12.0. The Labute approximate surface area is 130 Å². The quantitative estimate of drug-likeness (QED) is 0.857. The molecule has 2 N–H and O–H groups in total. The molecule has 20 heavy (non-hydrogen) atoms. The van der Waals surface area contributed by atoms with Gasteiger partial charge in [0.25, 0.3) is 0 Å². The van der Waals surface area contributed by atoms with Gasteiger partial charge in [0.05, 0.1) is 5.60 Å². The molecule has 2 nitrogen and oxygen atoms in total. The maximum Gasteiger partial charge on any atom is 0.0685 e. The number of hydrogen-bond acceptors (Lipinski definition) is 2. The zero-order chi connectivity index (χ0) is 14.0. The third-order valence-electron chi connectivity index (χ3n) is 5.04. The smallest absolute Gasteiger partial charge is 0.0685 e. The molecule has 0 bridgehead atoms. The summed E-state index contributed by atoms with van der Waals surface area (Å²) in [6.07, 6.45) is 8.70. The normalized spacial score (nSPS) is 27.4. The Balaban J connectivity index is 1.73. The Kier molecular flexibility index (Phi) is 4.49. The van der Waals surface area contributed by atoms with Crippen LogP contribution in [0.4, 0.5) is 0 Å². The second-order valence-corrected chi connectivity index (χ2v) is 7.34. The van der Waals surface area contributed by atoms with Crippen LogP contribution in [-0.4, -0.2) is 12.2 Å². The van der Waals surface area contributed by atoms with Gasteiger partial charge in [-0.05, 0) is 49.3 Å². The maximum absolute atomic E-state index is 6.55. The van der Waals surface area contributed by atoms with Gasteiger partial charge in [0.1, 0.15) is 0 Å². The van der Waals surface area contributed by atoms with E-state index in [0.29, 0.717) is 5.92 Å². The summed E-state index contributed by atoms with van der Waals surface area (Å²) in [4.78, 5) is 0. The summed E-state index contributed by atoms with van der Waals surface area (Å²) in [7, 11) is 0. The van der Waals surface area contributed by atoms with Crippen LogP contribution < -0.4 is 5.73 Å². The molecule has 0 aromatic heterocycles. The van der Waals surface area contributed by atoms with E-state index in [9.17, 15) is 0 Å². The lowest BCUT2D eigenvalue weighted by Gasteiger charge is -2.45. The fraction of sp³-hybridized carbons (Fsp3) is 0.647. The molecular formula is C17H24BrNO. The minimum Gasteiger partial charge on any atom is -0.375 e. The first-order valence-electron chi connectivity index (χ1n) is 7.84. The van der Waals surface area contributed by atoms with E-state index in [1.165, 1.54) is 37.7 Å². The third kappa shape index (κ3) is 3.10. The summed E-state index contributed by atoms with van der Waals surface area (Å²) in [6.45, 7) is 0.881. The van der Waals surface area contributed by atoms with E-state index in [0.717, 1.165) is 23.9 Å². The predicted molar refractivity (Wildman–Crippen MR) is 85.6 cm³/mol. The monoisotopic (exact) mass is 337 g/mol. The Morgan fingerprint density at radius 3 is 2.80 bits per heavy atom. The van der Waals surface area contributed by atoms with Gasteiger partial charge in [0.2, 0.25) is 0 Å². The molecule has 2 fully saturated rings. The van der Waals surface area contributed by atoms with Crippen molar-refractivity contribution in [3.8, 4) is 0 Å². The Bertz CT molecular complexity index is 451. The minimum absolute atomic E-state index is 0.134. The first-order valence-corrected chi connectivity index (χ1v) is 8.63. The summed E-state index contributed by atoms with van der Waals surface area (Å²) in [5.74, 6) is 0.552. The Morgan fingerprint density at radius 2 is 2.05 bits per heavy atom. The lowest BCUT2D eigenvalue weighted by molar-refractivity contribution is -0.120. The van der Waals surface area contributed by atoms with Crippen LogP contribution >= 0.6 is 15.9 Å². The number of nitrogens with two attached hydrogens (primary N) is 1. The maximum atomic E-state index is 6.55. The van der Waals surface area contributed by atoms with E-state index >= 15 is 0 Å². The number of ether oxygens (including phenoxy) is 1. The van der Waals surface area contributed by atoms with Crippen LogP contribution in [0.1, 0.15) is 56.6 Å². The van der Waals surface area contributed by atoms with E-state index in [4.69, 9.17) is 10.5 Å². The molecule has 1 aliphatic carbocycles. The molecule has 110 valence electrons. The lowest BCUT2D eigenvalue weighted by Crippen LogP contribution is -2.44. The molecular weight excluding hydrogens is 314 g/mol. The molecule has 1 aromatic carbocycles. The molecule has 1 aromatic rings. The van der Waals surface area contributed by atoms with Crippen molar-refractivity contribution < 1.29 is 4.74 Å². The average Bonchev–Trinajstić information content (AvgIpc) is 2.47. The Hall–Kier alpha value is -0.380. The van der Waals surface area contributed by atoms with Gasteiger partial charge in [-0.3, -0.25) is 0 Å². The van der Waals surface area contributed by atoms with E-state index in [1.807, 2.05) is 0 Å². The second-order valence-electron chi connectivity index (χ2n) is 6.43. The molecule has 2 atom stereocenters. The van der Waals surface area contributed by atoms with Crippen molar-refractivity contribution in [2.24, 2.45) is 11.7 Å². The molecule has 2 unspecified atom stereocenters. The van der Waals surface area contributed by atoms with Crippen molar-refractivity contribution >= 4 is 15.9 Å². The van der Waals surface area contributed by atoms with E-state index < -0.39 is 0 Å². The average molecular weight is 338 g/mol. The summed E-state index contributed by atoms with van der Waals surface area (Å²) < 4.78 is 7.30. The van der Waals surface area contributed by atoms with Crippen molar-refractivity contribution in [3.05, 3.63) is 34.3 Å². The molecule has 0 amide bonds. The molecule has 2 aliphatic rings. The molecule has 0 radical (unpaired) electrons. The van der Waals surface area contributed by atoms with Crippen LogP contribution in [0, 0.1) is 5.92 Å². The van der Waals surface area contributed by atoms with Crippen LogP contribution in [0.25, 0.3) is 0 Å². The molecule has 3 heteroatoms. The highest BCUT2D eigenvalue weighted by atomic mass is 79.9. The number of rotatable bonds is 2. The van der Waals surface area contributed by atoms with Crippen LogP contribution in [0.15, 0.2) is 28.7 Å². The van der Waals surface area contributed by atoms with Crippen molar-refractivity contribution in [1.29, 1.82) is 0 Å². The van der Waals surface area contributed by atoms with Crippen molar-refractivity contribution in [2.45, 2.75) is 56.6 Å². The summed E-state index contributed by atoms with van der Waals surface area (Å²) in [5.41, 5.74) is 7.94.